The Hall–Kier alpha value is -0.120. The number of nitrogens with one attached hydrogen (secondary N) is 1. The maximum absolute atomic E-state index is 3.61. The van der Waals surface area contributed by atoms with E-state index in [2.05, 4.69) is 15.1 Å². The summed E-state index contributed by atoms with van der Waals surface area (Å²) in [6.07, 6.45) is 12.8. The van der Waals surface area contributed by atoms with Gasteiger partial charge in [0.25, 0.3) is 0 Å². The van der Waals surface area contributed by atoms with Crippen LogP contribution in [-0.4, -0.2) is 61.2 Å². The third-order valence-corrected chi connectivity index (χ3v) is 5.33. The molecule has 1 aliphatic carbocycles. The van der Waals surface area contributed by atoms with Crippen molar-refractivity contribution in [2.24, 2.45) is 0 Å². The standard InChI is InChI=1S/C17H33N3/c1(4-10-18-16-8-9-16)2-5-11-19-13-14-20-12-6-3-7-17(20)15-19/h16-18H,1-15H2. The minimum Gasteiger partial charge on any atom is -0.314 e. The Morgan fingerprint density at radius 2 is 1.75 bits per heavy atom. The van der Waals surface area contributed by atoms with E-state index in [-0.39, 0.29) is 0 Å². The predicted molar refractivity (Wildman–Crippen MR) is 85.1 cm³/mol. The van der Waals surface area contributed by atoms with Gasteiger partial charge in [0.1, 0.15) is 0 Å². The van der Waals surface area contributed by atoms with Gasteiger partial charge in [-0.3, -0.25) is 4.90 Å². The summed E-state index contributed by atoms with van der Waals surface area (Å²) in [5.41, 5.74) is 0. The highest BCUT2D eigenvalue weighted by molar-refractivity contribution is 4.85. The van der Waals surface area contributed by atoms with Crippen molar-refractivity contribution in [1.29, 1.82) is 0 Å². The molecule has 2 aliphatic heterocycles. The summed E-state index contributed by atoms with van der Waals surface area (Å²) in [5.74, 6) is 0. The Bertz CT molecular complexity index is 277. The zero-order valence-electron chi connectivity index (χ0n) is 13.2. The van der Waals surface area contributed by atoms with Crippen molar-refractivity contribution in [3.63, 3.8) is 0 Å². The molecule has 3 heteroatoms. The average Bonchev–Trinajstić information content (AvgIpc) is 3.30. The molecular formula is C17H33N3. The molecule has 2 saturated heterocycles. The highest BCUT2D eigenvalue weighted by Gasteiger charge is 2.28. The topological polar surface area (TPSA) is 18.5 Å². The van der Waals surface area contributed by atoms with Crippen molar-refractivity contribution >= 4 is 0 Å². The van der Waals surface area contributed by atoms with Crippen LogP contribution in [0.3, 0.4) is 0 Å². The molecule has 0 aromatic carbocycles. The highest BCUT2D eigenvalue weighted by Crippen LogP contribution is 2.21. The minimum absolute atomic E-state index is 0.889. The van der Waals surface area contributed by atoms with Crippen molar-refractivity contribution in [1.82, 2.24) is 15.1 Å². The van der Waals surface area contributed by atoms with Gasteiger partial charge in [0.15, 0.2) is 0 Å². The first-order valence-electron chi connectivity index (χ1n) is 9.11. The first-order chi connectivity index (χ1) is 9.92. The van der Waals surface area contributed by atoms with E-state index < -0.39 is 0 Å². The van der Waals surface area contributed by atoms with Gasteiger partial charge < -0.3 is 10.2 Å². The van der Waals surface area contributed by atoms with E-state index in [4.69, 9.17) is 0 Å². The van der Waals surface area contributed by atoms with Crippen LogP contribution in [0.2, 0.25) is 0 Å². The molecule has 3 aliphatic rings. The Morgan fingerprint density at radius 3 is 2.65 bits per heavy atom. The second kappa shape index (κ2) is 7.77. The molecule has 0 bridgehead atoms. The van der Waals surface area contributed by atoms with Crippen LogP contribution in [0.5, 0.6) is 0 Å². The number of nitrogens with zero attached hydrogens (tertiary/aromatic N) is 2. The maximum atomic E-state index is 3.61. The molecule has 20 heavy (non-hydrogen) atoms. The first-order valence-corrected chi connectivity index (χ1v) is 9.11. The third kappa shape index (κ3) is 4.71. The summed E-state index contributed by atoms with van der Waals surface area (Å²) in [6, 6.07) is 1.78. The van der Waals surface area contributed by atoms with E-state index in [1.54, 1.807) is 0 Å². The number of rotatable bonds is 8. The fourth-order valence-electron chi connectivity index (χ4n) is 3.83. The lowest BCUT2D eigenvalue weighted by atomic mass is 9.99. The molecule has 0 aromatic rings. The van der Waals surface area contributed by atoms with Gasteiger partial charge in [-0.05, 0) is 58.2 Å². The number of fused-ring (bicyclic) bond motifs is 1. The van der Waals surface area contributed by atoms with E-state index in [1.165, 1.54) is 97.1 Å². The Morgan fingerprint density at radius 1 is 0.850 bits per heavy atom. The summed E-state index contributed by atoms with van der Waals surface area (Å²) in [5, 5.41) is 3.61. The van der Waals surface area contributed by atoms with Crippen LogP contribution in [0.25, 0.3) is 0 Å². The summed E-state index contributed by atoms with van der Waals surface area (Å²) in [4.78, 5) is 5.47. The van der Waals surface area contributed by atoms with E-state index in [0.717, 1.165) is 12.1 Å². The normalized spacial score (nSPS) is 28.5. The van der Waals surface area contributed by atoms with Gasteiger partial charge in [-0.25, -0.2) is 0 Å². The average molecular weight is 279 g/mol. The number of piperidine rings is 1. The predicted octanol–water partition coefficient (Wildman–Crippen LogP) is 2.47. The number of hydrogen-bond acceptors (Lipinski definition) is 3. The molecule has 2 heterocycles. The van der Waals surface area contributed by atoms with Crippen LogP contribution < -0.4 is 5.32 Å². The van der Waals surface area contributed by atoms with Crippen molar-refractivity contribution in [3.8, 4) is 0 Å². The van der Waals surface area contributed by atoms with Gasteiger partial charge in [0.2, 0.25) is 0 Å². The highest BCUT2D eigenvalue weighted by atomic mass is 15.3. The lowest BCUT2D eigenvalue weighted by Crippen LogP contribution is -2.54. The molecular weight excluding hydrogens is 246 g/mol. The fraction of sp³-hybridized carbons (Fsp3) is 1.00. The van der Waals surface area contributed by atoms with Gasteiger partial charge in [0, 0.05) is 31.7 Å². The quantitative estimate of drug-likeness (QED) is 0.689. The zero-order valence-corrected chi connectivity index (χ0v) is 13.2. The van der Waals surface area contributed by atoms with Crippen molar-refractivity contribution in [2.45, 2.75) is 69.9 Å². The van der Waals surface area contributed by atoms with Gasteiger partial charge in [-0.2, -0.15) is 0 Å². The van der Waals surface area contributed by atoms with Crippen molar-refractivity contribution in [2.75, 3.05) is 39.3 Å². The number of hydrogen-bond donors (Lipinski definition) is 1. The molecule has 0 aromatic heterocycles. The summed E-state index contributed by atoms with van der Waals surface area (Å²) >= 11 is 0. The first kappa shape index (κ1) is 14.8. The molecule has 1 saturated carbocycles. The second-order valence-electron chi connectivity index (χ2n) is 7.13. The maximum Gasteiger partial charge on any atom is 0.0223 e. The number of piperazine rings is 1. The summed E-state index contributed by atoms with van der Waals surface area (Å²) in [7, 11) is 0. The Labute approximate surface area is 125 Å². The van der Waals surface area contributed by atoms with Crippen molar-refractivity contribution < 1.29 is 0 Å². The van der Waals surface area contributed by atoms with E-state index in [9.17, 15) is 0 Å². The lowest BCUT2D eigenvalue weighted by molar-refractivity contribution is 0.0486. The molecule has 3 rings (SSSR count). The monoisotopic (exact) mass is 279 g/mol. The van der Waals surface area contributed by atoms with Gasteiger partial charge in [-0.15, -0.1) is 0 Å². The third-order valence-electron chi connectivity index (χ3n) is 5.33. The molecule has 0 amide bonds. The molecule has 1 N–H and O–H groups in total. The van der Waals surface area contributed by atoms with Gasteiger partial charge in [0.05, 0.1) is 0 Å². The molecule has 1 unspecified atom stereocenters. The van der Waals surface area contributed by atoms with Gasteiger partial charge >= 0.3 is 0 Å². The van der Waals surface area contributed by atoms with E-state index >= 15 is 0 Å². The molecule has 1 atom stereocenters. The summed E-state index contributed by atoms with van der Waals surface area (Å²) < 4.78 is 0. The lowest BCUT2D eigenvalue weighted by Gasteiger charge is -2.44. The van der Waals surface area contributed by atoms with Crippen LogP contribution in [-0.2, 0) is 0 Å². The molecule has 0 radical (unpaired) electrons. The summed E-state index contributed by atoms with van der Waals surface area (Å²) in [6.45, 7) is 7.97. The Kier molecular flexibility index (Phi) is 5.75. The van der Waals surface area contributed by atoms with Crippen LogP contribution in [0.15, 0.2) is 0 Å². The zero-order chi connectivity index (χ0) is 13.6. The van der Waals surface area contributed by atoms with Gasteiger partial charge in [-0.1, -0.05) is 19.3 Å². The van der Waals surface area contributed by atoms with Crippen molar-refractivity contribution in [3.05, 3.63) is 0 Å². The van der Waals surface area contributed by atoms with Crippen LogP contribution >= 0.6 is 0 Å². The van der Waals surface area contributed by atoms with Crippen LogP contribution in [0.4, 0.5) is 0 Å². The molecule has 0 spiro atoms. The van der Waals surface area contributed by atoms with Crippen LogP contribution in [0, 0.1) is 0 Å². The Balaban J connectivity index is 1.20. The van der Waals surface area contributed by atoms with E-state index in [0.29, 0.717) is 0 Å². The SMILES string of the molecule is C(CCCN1CCN2CCCCC2C1)CCNC1CC1. The van der Waals surface area contributed by atoms with Crippen LogP contribution in [0.1, 0.15) is 57.8 Å². The second-order valence-corrected chi connectivity index (χ2v) is 7.13. The molecule has 116 valence electrons. The largest absolute Gasteiger partial charge is 0.314 e. The minimum atomic E-state index is 0.889. The fourth-order valence-corrected chi connectivity index (χ4v) is 3.83. The number of unbranched alkanes of at least 4 members (excludes halogenated alkanes) is 3. The molecule has 3 nitrogen and oxygen atoms in total. The smallest absolute Gasteiger partial charge is 0.0223 e. The molecule has 3 fully saturated rings. The van der Waals surface area contributed by atoms with E-state index in [1.807, 2.05) is 0 Å².